The van der Waals surface area contributed by atoms with Gasteiger partial charge in [0.2, 0.25) is 11.8 Å². The molecule has 0 bridgehead atoms. The summed E-state index contributed by atoms with van der Waals surface area (Å²) in [6.07, 6.45) is 8.65. The van der Waals surface area contributed by atoms with Crippen LogP contribution in [0.3, 0.4) is 0 Å². The van der Waals surface area contributed by atoms with Crippen LogP contribution in [0.2, 0.25) is 0 Å². The van der Waals surface area contributed by atoms with E-state index >= 15 is 0 Å². The molecule has 2 atom stereocenters. The van der Waals surface area contributed by atoms with Crippen LogP contribution in [0.25, 0.3) is 0 Å². The molecule has 1 saturated heterocycles. The van der Waals surface area contributed by atoms with Gasteiger partial charge >= 0.3 is 0 Å². The molecule has 3 rings (SSSR count). The number of amides is 2. The number of benzene rings is 1. The van der Waals surface area contributed by atoms with E-state index in [-0.39, 0.29) is 41.5 Å². The van der Waals surface area contributed by atoms with Crippen LogP contribution in [0, 0.1) is 11.3 Å². The average Bonchev–Trinajstić information content (AvgIpc) is 2.74. The van der Waals surface area contributed by atoms with Crippen LogP contribution in [0.1, 0.15) is 69.4 Å². The van der Waals surface area contributed by atoms with Crippen molar-refractivity contribution in [2.45, 2.75) is 76.9 Å². The summed E-state index contributed by atoms with van der Waals surface area (Å²) in [6, 6.07) is 4.12. The number of hydrogen-bond donors (Lipinski definition) is 5. The first kappa shape index (κ1) is 24.0. The summed E-state index contributed by atoms with van der Waals surface area (Å²) in [5, 5.41) is 23.7. The summed E-state index contributed by atoms with van der Waals surface area (Å²) in [5.74, 6) is 0.158. The van der Waals surface area contributed by atoms with Crippen LogP contribution in [0.15, 0.2) is 18.2 Å². The zero-order chi connectivity index (χ0) is 23.1. The molecular weight excluding hydrogens is 406 g/mol. The Bertz CT molecular complexity index is 822. The first-order valence-electron chi connectivity index (χ1n) is 11.9. The standard InChI is InChI=1S/C24H37N5O3/c1-2-11-27-19(13-16-6-4-3-5-7-16)24(32)29-12-10-20(29)23(31)28-15-17-8-9-18(22(25)26)21(30)14-17/h8-9,14,16,19-20,27,30H,2-7,10-13,15H2,1H3,(H3,25,26)(H,28,31)/t19-,20+/m1/s1. The topological polar surface area (TPSA) is 132 Å². The van der Waals surface area contributed by atoms with Gasteiger partial charge in [0, 0.05) is 13.1 Å². The highest BCUT2D eigenvalue weighted by molar-refractivity contribution is 5.97. The number of rotatable bonds is 10. The van der Waals surface area contributed by atoms with Crippen molar-refractivity contribution in [3.63, 3.8) is 0 Å². The molecule has 1 heterocycles. The lowest BCUT2D eigenvalue weighted by atomic mass is 9.84. The molecule has 1 aromatic carbocycles. The molecule has 1 aromatic rings. The summed E-state index contributed by atoms with van der Waals surface area (Å²) in [6.45, 7) is 3.74. The minimum absolute atomic E-state index is 0.0406. The van der Waals surface area contributed by atoms with Crippen LogP contribution in [-0.4, -0.2) is 52.8 Å². The number of phenolic OH excluding ortho intramolecular Hbond substituents is 1. The summed E-state index contributed by atoms with van der Waals surface area (Å²) < 4.78 is 0. The smallest absolute Gasteiger partial charge is 0.243 e. The predicted molar refractivity (Wildman–Crippen MR) is 124 cm³/mol. The maximum absolute atomic E-state index is 13.3. The number of likely N-dealkylation sites (tertiary alicyclic amines) is 1. The van der Waals surface area contributed by atoms with Crippen molar-refractivity contribution in [3.05, 3.63) is 29.3 Å². The van der Waals surface area contributed by atoms with Gasteiger partial charge in [-0.3, -0.25) is 15.0 Å². The molecule has 0 radical (unpaired) electrons. The van der Waals surface area contributed by atoms with Crippen molar-refractivity contribution >= 4 is 17.6 Å². The average molecular weight is 444 g/mol. The van der Waals surface area contributed by atoms with Crippen LogP contribution >= 0.6 is 0 Å². The lowest BCUT2D eigenvalue weighted by molar-refractivity contribution is -0.149. The van der Waals surface area contributed by atoms with E-state index in [0.29, 0.717) is 24.4 Å². The third-order valence-electron chi connectivity index (χ3n) is 6.66. The van der Waals surface area contributed by atoms with Gasteiger partial charge in [0.15, 0.2) is 0 Å². The number of carbonyl (C=O) groups is 2. The lowest BCUT2D eigenvalue weighted by Gasteiger charge is -2.42. The maximum atomic E-state index is 13.3. The molecule has 8 nitrogen and oxygen atoms in total. The molecule has 2 amide bonds. The van der Waals surface area contributed by atoms with E-state index < -0.39 is 6.04 Å². The van der Waals surface area contributed by atoms with Gasteiger partial charge in [-0.05, 0) is 49.4 Å². The van der Waals surface area contributed by atoms with Crippen molar-refractivity contribution in [1.82, 2.24) is 15.5 Å². The van der Waals surface area contributed by atoms with Gasteiger partial charge in [-0.1, -0.05) is 45.1 Å². The second kappa shape index (κ2) is 11.3. The van der Waals surface area contributed by atoms with Gasteiger partial charge in [0.25, 0.3) is 0 Å². The van der Waals surface area contributed by atoms with E-state index in [2.05, 4.69) is 17.6 Å². The van der Waals surface area contributed by atoms with Crippen molar-refractivity contribution < 1.29 is 14.7 Å². The first-order valence-corrected chi connectivity index (χ1v) is 11.9. The molecule has 1 aliphatic carbocycles. The fourth-order valence-corrected chi connectivity index (χ4v) is 4.69. The molecule has 0 unspecified atom stereocenters. The molecule has 0 spiro atoms. The predicted octanol–water partition coefficient (Wildman–Crippen LogP) is 2.23. The largest absolute Gasteiger partial charge is 0.507 e. The highest BCUT2D eigenvalue weighted by atomic mass is 16.3. The Morgan fingerprint density at radius 1 is 1.25 bits per heavy atom. The number of nitrogens with zero attached hydrogens (tertiary/aromatic N) is 1. The summed E-state index contributed by atoms with van der Waals surface area (Å²) in [4.78, 5) is 27.7. The Hall–Kier alpha value is -2.61. The monoisotopic (exact) mass is 443 g/mol. The molecule has 1 aliphatic heterocycles. The van der Waals surface area contributed by atoms with Crippen molar-refractivity contribution in [2.24, 2.45) is 11.7 Å². The molecule has 0 aromatic heterocycles. The van der Waals surface area contributed by atoms with Crippen LogP contribution in [0.5, 0.6) is 5.75 Å². The maximum Gasteiger partial charge on any atom is 0.243 e. The Kier molecular flexibility index (Phi) is 8.50. The van der Waals surface area contributed by atoms with Gasteiger partial charge < -0.3 is 26.4 Å². The SMILES string of the molecule is CCCN[C@H](CC1CCCCC1)C(=O)N1CC[C@H]1C(=O)NCc1ccc(C(=N)N)c(O)c1. The molecule has 2 fully saturated rings. The first-order chi connectivity index (χ1) is 15.4. The van der Waals surface area contributed by atoms with Gasteiger partial charge in [-0.2, -0.15) is 0 Å². The highest BCUT2D eigenvalue weighted by Crippen LogP contribution is 2.29. The molecule has 8 heteroatoms. The van der Waals surface area contributed by atoms with Crippen molar-refractivity contribution in [2.75, 3.05) is 13.1 Å². The highest BCUT2D eigenvalue weighted by Gasteiger charge is 2.40. The van der Waals surface area contributed by atoms with E-state index in [1.807, 2.05) is 0 Å². The molecule has 1 saturated carbocycles. The van der Waals surface area contributed by atoms with Crippen LogP contribution in [0.4, 0.5) is 0 Å². The number of amidine groups is 1. The summed E-state index contributed by atoms with van der Waals surface area (Å²) >= 11 is 0. The minimum atomic E-state index is -0.440. The number of nitrogen functional groups attached to an aromatic ring is 1. The van der Waals surface area contributed by atoms with Gasteiger partial charge in [-0.15, -0.1) is 0 Å². The van der Waals surface area contributed by atoms with Crippen LogP contribution in [-0.2, 0) is 16.1 Å². The summed E-state index contributed by atoms with van der Waals surface area (Å²) in [5.41, 5.74) is 6.39. The molecule has 176 valence electrons. The third kappa shape index (κ3) is 6.00. The fourth-order valence-electron chi connectivity index (χ4n) is 4.69. The Morgan fingerprint density at radius 3 is 2.59 bits per heavy atom. The van der Waals surface area contributed by atoms with E-state index in [1.165, 1.54) is 38.2 Å². The second-order valence-corrected chi connectivity index (χ2v) is 9.07. The normalized spacial score (nSPS) is 19.8. The van der Waals surface area contributed by atoms with E-state index in [4.69, 9.17) is 11.1 Å². The number of hydrogen-bond acceptors (Lipinski definition) is 5. The Morgan fingerprint density at radius 2 is 2.00 bits per heavy atom. The molecule has 6 N–H and O–H groups in total. The second-order valence-electron chi connectivity index (χ2n) is 9.07. The Balaban J connectivity index is 1.56. The van der Waals surface area contributed by atoms with Crippen LogP contribution < -0.4 is 16.4 Å². The number of phenols is 1. The zero-order valence-corrected chi connectivity index (χ0v) is 19.0. The quantitative estimate of drug-likeness (QED) is 0.279. The fraction of sp³-hybridized carbons (Fsp3) is 0.625. The van der Waals surface area contributed by atoms with E-state index in [0.717, 1.165) is 19.4 Å². The molecule has 32 heavy (non-hydrogen) atoms. The van der Waals surface area contributed by atoms with E-state index in [1.54, 1.807) is 17.0 Å². The number of nitrogens with two attached hydrogens (primary N) is 1. The van der Waals surface area contributed by atoms with Gasteiger partial charge in [-0.25, -0.2) is 0 Å². The minimum Gasteiger partial charge on any atom is -0.507 e. The Labute approximate surface area is 190 Å². The summed E-state index contributed by atoms with van der Waals surface area (Å²) in [7, 11) is 0. The molecular formula is C24H37N5O3. The third-order valence-corrected chi connectivity index (χ3v) is 6.66. The number of carbonyl (C=O) groups excluding carboxylic acids is 2. The van der Waals surface area contributed by atoms with Gasteiger partial charge in [0.1, 0.15) is 17.6 Å². The van der Waals surface area contributed by atoms with Crippen molar-refractivity contribution in [3.8, 4) is 5.75 Å². The van der Waals surface area contributed by atoms with E-state index in [9.17, 15) is 14.7 Å². The number of nitrogens with one attached hydrogen (secondary N) is 3. The lowest BCUT2D eigenvalue weighted by Crippen LogP contribution is -2.62. The molecule has 2 aliphatic rings. The van der Waals surface area contributed by atoms with Crippen molar-refractivity contribution in [1.29, 1.82) is 5.41 Å². The van der Waals surface area contributed by atoms with Gasteiger partial charge in [0.05, 0.1) is 11.6 Å². The number of aromatic hydroxyl groups is 1. The zero-order valence-electron chi connectivity index (χ0n) is 19.0.